The van der Waals surface area contributed by atoms with Crippen molar-refractivity contribution < 1.29 is 23.0 Å². The number of rotatable bonds is 10. The second kappa shape index (κ2) is 11.1. The largest absolute Gasteiger partial charge is 0.468 e. The Morgan fingerprint density at radius 3 is 2.58 bits per heavy atom. The van der Waals surface area contributed by atoms with E-state index in [2.05, 4.69) is 20.2 Å². The van der Waals surface area contributed by atoms with E-state index in [-0.39, 0.29) is 35.2 Å². The highest BCUT2D eigenvalue weighted by Gasteiger charge is 2.42. The van der Waals surface area contributed by atoms with Gasteiger partial charge >= 0.3 is 6.01 Å². The first-order valence-corrected chi connectivity index (χ1v) is 15.0. The summed E-state index contributed by atoms with van der Waals surface area (Å²) in [6.45, 7) is 4.28. The van der Waals surface area contributed by atoms with Gasteiger partial charge in [0.05, 0.1) is 12.0 Å². The summed E-state index contributed by atoms with van der Waals surface area (Å²) < 4.78 is 48.8. The zero-order valence-electron chi connectivity index (χ0n) is 24.5. The van der Waals surface area contributed by atoms with E-state index in [0.29, 0.717) is 70.5 Å². The van der Waals surface area contributed by atoms with Crippen LogP contribution in [0.15, 0.2) is 30.5 Å². The molecule has 7 rings (SSSR count). The molecule has 0 radical (unpaired) electrons. The van der Waals surface area contributed by atoms with Crippen molar-refractivity contribution in [3.05, 3.63) is 47.7 Å². The lowest BCUT2D eigenvalue weighted by molar-refractivity contribution is 0.0512. The molecule has 43 heavy (non-hydrogen) atoms. The minimum Gasteiger partial charge on any atom is -0.468 e. The first kappa shape index (κ1) is 28.1. The molecule has 2 unspecified atom stereocenters. The maximum Gasteiger partial charge on any atom is 0.319 e. The zero-order valence-corrected chi connectivity index (χ0v) is 24.5. The molecular weight excluding hydrogens is 554 g/mol. The minimum atomic E-state index is -0.624. The van der Waals surface area contributed by atoms with Gasteiger partial charge in [-0.3, -0.25) is 4.98 Å². The Bertz CT molecular complexity index is 1690. The number of aryl methyl sites for hydroxylation is 1. The van der Waals surface area contributed by atoms with Crippen LogP contribution in [-0.2, 0) is 11.2 Å². The lowest BCUT2D eigenvalue weighted by atomic mass is 9.94. The third-order valence-electron chi connectivity index (χ3n) is 9.15. The Balaban J connectivity index is 1.40. The number of ether oxygens (including phenoxy) is 3. The second-order valence-electron chi connectivity index (χ2n) is 12.0. The molecular formula is C32H36F2N6O3. The average Bonchev–Trinajstić information content (AvgIpc) is 3.74. The first-order valence-electron chi connectivity index (χ1n) is 15.0. The predicted molar refractivity (Wildman–Crippen MR) is 160 cm³/mol. The van der Waals surface area contributed by atoms with E-state index in [1.165, 1.54) is 13.2 Å². The van der Waals surface area contributed by atoms with Crippen LogP contribution in [0.4, 0.5) is 14.6 Å². The number of nitrogens with two attached hydrogens (primary N) is 1. The lowest BCUT2D eigenvalue weighted by Gasteiger charge is -2.34. The predicted octanol–water partition coefficient (Wildman–Crippen LogP) is 4.73. The van der Waals surface area contributed by atoms with E-state index >= 15 is 8.78 Å². The molecule has 2 bridgehead atoms. The highest BCUT2D eigenvalue weighted by Crippen LogP contribution is 2.45. The smallest absolute Gasteiger partial charge is 0.319 e. The summed E-state index contributed by atoms with van der Waals surface area (Å²) in [5, 5.41) is 5.44. The Morgan fingerprint density at radius 1 is 1.09 bits per heavy atom. The quantitative estimate of drug-likeness (QED) is 0.254. The van der Waals surface area contributed by atoms with Crippen molar-refractivity contribution in [3.8, 4) is 23.0 Å². The molecule has 1 saturated carbocycles. The summed E-state index contributed by atoms with van der Waals surface area (Å²) in [6, 6.07) is 7.39. The number of aromatic nitrogens is 3. The third-order valence-corrected chi connectivity index (χ3v) is 9.15. The van der Waals surface area contributed by atoms with Gasteiger partial charge in [-0.05, 0) is 66.6 Å². The van der Waals surface area contributed by atoms with Crippen LogP contribution in [-0.4, -0.2) is 67.2 Å². The molecule has 2 atom stereocenters. The summed E-state index contributed by atoms with van der Waals surface area (Å²) >= 11 is 0. The van der Waals surface area contributed by atoms with Crippen LogP contribution in [0.25, 0.3) is 32.9 Å². The molecule has 4 heterocycles. The van der Waals surface area contributed by atoms with Gasteiger partial charge in [0, 0.05) is 56.0 Å². The average molecular weight is 591 g/mol. The van der Waals surface area contributed by atoms with E-state index in [1.807, 2.05) is 6.92 Å². The highest BCUT2D eigenvalue weighted by molar-refractivity contribution is 6.01. The van der Waals surface area contributed by atoms with Crippen LogP contribution in [0.2, 0.25) is 0 Å². The number of hydrogen-bond donors (Lipinski definition) is 2. The van der Waals surface area contributed by atoms with Gasteiger partial charge in [0.1, 0.15) is 28.6 Å². The fraction of sp³-hybridized carbons (Fsp3) is 0.469. The molecule has 226 valence electrons. The van der Waals surface area contributed by atoms with E-state index in [1.54, 1.807) is 24.4 Å². The molecule has 9 nitrogen and oxygen atoms in total. The molecule has 11 heteroatoms. The number of nitrogens with one attached hydrogen (secondary N) is 1. The Morgan fingerprint density at radius 2 is 1.88 bits per heavy atom. The normalized spacial score (nSPS) is 20.6. The van der Waals surface area contributed by atoms with Gasteiger partial charge in [-0.2, -0.15) is 9.97 Å². The maximum absolute atomic E-state index is 16.8. The highest BCUT2D eigenvalue weighted by atomic mass is 19.1. The summed E-state index contributed by atoms with van der Waals surface area (Å²) in [5.41, 5.74) is 6.98. The number of halogens is 2. The molecule has 0 spiro atoms. The van der Waals surface area contributed by atoms with Crippen molar-refractivity contribution in [1.29, 1.82) is 0 Å². The van der Waals surface area contributed by atoms with Crippen molar-refractivity contribution in [2.75, 3.05) is 45.0 Å². The molecule has 0 amide bonds. The fourth-order valence-corrected chi connectivity index (χ4v) is 6.52. The van der Waals surface area contributed by atoms with E-state index in [4.69, 9.17) is 24.9 Å². The summed E-state index contributed by atoms with van der Waals surface area (Å²) in [7, 11) is 1.52. The van der Waals surface area contributed by atoms with Crippen molar-refractivity contribution in [3.63, 3.8) is 0 Å². The van der Waals surface area contributed by atoms with Crippen LogP contribution < -0.4 is 25.4 Å². The van der Waals surface area contributed by atoms with Crippen molar-refractivity contribution in [2.24, 2.45) is 11.1 Å². The first-order chi connectivity index (χ1) is 20.9. The van der Waals surface area contributed by atoms with E-state index in [0.717, 1.165) is 38.8 Å². The van der Waals surface area contributed by atoms with Crippen LogP contribution in [0, 0.1) is 17.0 Å². The summed E-state index contributed by atoms with van der Waals surface area (Å²) in [5.74, 6) is 0.0851. The van der Waals surface area contributed by atoms with Crippen LogP contribution in [0.3, 0.4) is 0 Å². The topological polar surface area (TPSA) is 108 Å². The fourth-order valence-electron chi connectivity index (χ4n) is 6.52. The summed E-state index contributed by atoms with van der Waals surface area (Å²) in [4.78, 5) is 16.2. The monoisotopic (exact) mass is 590 g/mol. The SMILES string of the molecule is CCc1c(F)ccc2cc(OCOC)cc(-c3ncc4c(N5CC6CCC(C5)N6)nc(OCC5(CN)CC5)nc4c3F)c12. The molecule has 3 aliphatic rings. The Hall–Kier alpha value is -3.67. The van der Waals surface area contributed by atoms with Crippen LogP contribution in [0.1, 0.15) is 38.2 Å². The number of fused-ring (bicyclic) bond motifs is 4. The molecule has 2 aromatic heterocycles. The van der Waals surface area contributed by atoms with E-state index < -0.39 is 5.82 Å². The molecule has 2 aromatic carbocycles. The van der Waals surface area contributed by atoms with Gasteiger partial charge in [0.25, 0.3) is 0 Å². The standard InChI is InChI=1S/C32H36F2N6O3/c1-3-22-25(33)7-4-18-10-21(43-17-41-2)11-23(26(18)22)28-27(34)29-24(12-36-28)30(40-13-19-5-6-20(14-40)37-19)39-31(38-29)42-16-32(15-35)8-9-32/h4,7,10-12,19-20,37H,3,5-6,8-9,13-17,35H2,1-2H3. The third kappa shape index (κ3) is 5.13. The van der Waals surface area contributed by atoms with Crippen LogP contribution >= 0.6 is 0 Å². The molecule has 3 fully saturated rings. The van der Waals surface area contributed by atoms with Gasteiger partial charge in [0.15, 0.2) is 12.6 Å². The Labute approximate surface area is 248 Å². The van der Waals surface area contributed by atoms with Crippen LogP contribution in [0.5, 0.6) is 11.8 Å². The van der Waals surface area contributed by atoms with Crippen molar-refractivity contribution in [1.82, 2.24) is 20.3 Å². The number of hydrogen-bond acceptors (Lipinski definition) is 9. The number of anilines is 1. The van der Waals surface area contributed by atoms with Crippen molar-refractivity contribution in [2.45, 2.75) is 51.1 Å². The molecule has 1 aliphatic carbocycles. The molecule has 2 aliphatic heterocycles. The number of methoxy groups -OCH3 is 1. The van der Waals surface area contributed by atoms with E-state index in [9.17, 15) is 0 Å². The minimum absolute atomic E-state index is 0.00859. The molecule has 4 aromatic rings. The molecule has 3 N–H and O–H groups in total. The van der Waals surface area contributed by atoms with Gasteiger partial charge in [0.2, 0.25) is 0 Å². The molecule has 2 saturated heterocycles. The number of nitrogens with zero attached hydrogens (tertiary/aromatic N) is 4. The van der Waals surface area contributed by atoms with Gasteiger partial charge in [-0.15, -0.1) is 0 Å². The lowest BCUT2D eigenvalue weighted by Crippen LogP contribution is -2.51. The maximum atomic E-state index is 16.8. The number of piperazine rings is 1. The van der Waals surface area contributed by atoms with Gasteiger partial charge in [-0.1, -0.05) is 13.0 Å². The second-order valence-corrected chi connectivity index (χ2v) is 12.0. The van der Waals surface area contributed by atoms with Gasteiger partial charge < -0.3 is 30.2 Å². The van der Waals surface area contributed by atoms with Crippen molar-refractivity contribution >= 4 is 27.5 Å². The number of benzene rings is 2. The van der Waals surface area contributed by atoms with Gasteiger partial charge in [-0.25, -0.2) is 8.78 Å². The zero-order chi connectivity index (χ0) is 29.7. The number of pyridine rings is 1. The Kier molecular flexibility index (Phi) is 7.27. The summed E-state index contributed by atoms with van der Waals surface area (Å²) in [6.07, 6.45) is 6.19.